The first-order chi connectivity index (χ1) is 14.0. The maximum absolute atomic E-state index is 13.0. The Balaban J connectivity index is 1.90. The van der Waals surface area contributed by atoms with Crippen LogP contribution in [0.1, 0.15) is 49.8 Å². The molecule has 1 fully saturated rings. The number of sulfone groups is 1. The van der Waals surface area contributed by atoms with Crippen LogP contribution in [-0.4, -0.2) is 36.6 Å². The van der Waals surface area contributed by atoms with Crippen molar-refractivity contribution in [1.29, 1.82) is 0 Å². The molecule has 2 aromatic rings. The third-order valence-electron chi connectivity index (χ3n) is 4.59. The van der Waals surface area contributed by atoms with E-state index >= 15 is 0 Å². The van der Waals surface area contributed by atoms with Gasteiger partial charge in [-0.05, 0) is 30.9 Å². The normalized spacial score (nSPS) is 15.7. The van der Waals surface area contributed by atoms with Crippen molar-refractivity contribution >= 4 is 15.7 Å². The lowest BCUT2D eigenvalue weighted by atomic mass is 9.95. The summed E-state index contributed by atoms with van der Waals surface area (Å²) in [6.45, 7) is 5.94. The second-order valence-corrected chi connectivity index (χ2v) is 10.5. The molecule has 1 N–H and O–H groups in total. The lowest BCUT2D eigenvalue weighted by Gasteiger charge is -2.20. The van der Waals surface area contributed by atoms with Crippen LogP contribution in [0.15, 0.2) is 48.0 Å². The molecule has 1 aromatic carbocycles. The topological polar surface area (TPSA) is 98.2 Å². The predicted octanol–water partition coefficient (Wildman–Crippen LogP) is 3.63. The molecule has 30 heavy (non-hydrogen) atoms. The highest BCUT2D eigenvalue weighted by Gasteiger charge is 2.32. The number of rotatable bonds is 7. The summed E-state index contributed by atoms with van der Waals surface area (Å²) in [6.07, 6.45) is 6.00. The zero-order valence-corrected chi connectivity index (χ0v) is 18.4. The molecule has 1 heterocycles. The minimum atomic E-state index is -3.28. The zero-order chi connectivity index (χ0) is 21.9. The smallest absolute Gasteiger partial charge is 0.258 e. The van der Waals surface area contributed by atoms with Crippen LogP contribution in [0.3, 0.4) is 0 Å². The molecule has 1 aliphatic rings. The van der Waals surface area contributed by atoms with Crippen LogP contribution < -0.4 is 10.1 Å². The van der Waals surface area contributed by atoms with E-state index in [2.05, 4.69) is 15.3 Å². The van der Waals surface area contributed by atoms with E-state index in [-0.39, 0.29) is 28.8 Å². The van der Waals surface area contributed by atoms with Gasteiger partial charge >= 0.3 is 0 Å². The van der Waals surface area contributed by atoms with Gasteiger partial charge in [0, 0.05) is 23.3 Å². The molecule has 0 saturated heterocycles. The van der Waals surface area contributed by atoms with Gasteiger partial charge in [0.1, 0.15) is 17.1 Å². The second-order valence-electron chi connectivity index (χ2n) is 8.57. The molecular formula is C22H27N3O4S. The number of benzene rings is 1. The summed E-state index contributed by atoms with van der Waals surface area (Å²) in [6, 6.07) is 8.72. The Morgan fingerprint density at radius 1 is 1.23 bits per heavy atom. The minimum absolute atomic E-state index is 0.167. The van der Waals surface area contributed by atoms with Crippen molar-refractivity contribution in [3.8, 4) is 11.6 Å². The average molecular weight is 430 g/mol. The van der Waals surface area contributed by atoms with E-state index in [1.165, 1.54) is 12.3 Å². The molecular weight excluding hydrogens is 402 g/mol. The fraction of sp³-hybridized carbons (Fsp3) is 0.409. The van der Waals surface area contributed by atoms with Gasteiger partial charge < -0.3 is 10.1 Å². The number of hydrogen-bond acceptors (Lipinski definition) is 6. The SMILES string of the molecule is CC(C)(C)c1ncc(C(=O)N[C@H](/C=C/S(C)(=O)=O)C2CC2)c(Oc2ccccc2)n1. The number of para-hydroxylation sites is 1. The fourth-order valence-corrected chi connectivity index (χ4v) is 3.25. The largest absolute Gasteiger partial charge is 0.438 e. The van der Waals surface area contributed by atoms with Gasteiger partial charge in [-0.2, -0.15) is 4.98 Å². The molecule has 0 bridgehead atoms. The number of ether oxygens (including phenoxy) is 1. The van der Waals surface area contributed by atoms with Crippen molar-refractivity contribution in [2.24, 2.45) is 5.92 Å². The van der Waals surface area contributed by atoms with E-state index in [0.717, 1.165) is 24.5 Å². The summed E-state index contributed by atoms with van der Waals surface area (Å²) in [7, 11) is -3.28. The lowest BCUT2D eigenvalue weighted by Crippen LogP contribution is -2.35. The number of aromatic nitrogens is 2. The fourth-order valence-electron chi connectivity index (χ4n) is 2.80. The van der Waals surface area contributed by atoms with Crippen LogP contribution >= 0.6 is 0 Å². The minimum Gasteiger partial charge on any atom is -0.438 e. The molecule has 1 atom stereocenters. The van der Waals surface area contributed by atoms with E-state index in [1.54, 1.807) is 12.1 Å². The number of nitrogens with zero attached hydrogens (tertiary/aromatic N) is 2. The third kappa shape index (κ3) is 6.13. The number of hydrogen-bond donors (Lipinski definition) is 1. The Labute approximate surface area is 177 Å². The van der Waals surface area contributed by atoms with E-state index < -0.39 is 15.7 Å². The summed E-state index contributed by atoms with van der Waals surface area (Å²) in [5.41, 5.74) is -0.122. The molecule has 7 nitrogen and oxygen atoms in total. The summed E-state index contributed by atoms with van der Waals surface area (Å²) in [4.78, 5) is 21.9. The van der Waals surface area contributed by atoms with Crippen molar-refractivity contribution in [3.63, 3.8) is 0 Å². The van der Waals surface area contributed by atoms with Gasteiger partial charge in [0.25, 0.3) is 5.91 Å². The molecule has 1 saturated carbocycles. The standard InChI is InChI=1S/C22H27N3O4S/c1-22(2,3)21-23-14-17(20(25-21)29-16-8-6-5-7-9-16)19(26)24-18(15-10-11-15)12-13-30(4,27)28/h5-9,12-15,18H,10-11H2,1-4H3,(H,24,26)/b13-12+/t18-/m1/s1. The van der Waals surface area contributed by atoms with Crippen molar-refractivity contribution in [1.82, 2.24) is 15.3 Å². The second kappa shape index (κ2) is 8.55. The van der Waals surface area contributed by atoms with Gasteiger partial charge in [-0.3, -0.25) is 4.79 Å². The number of amides is 1. The Hall–Kier alpha value is -2.74. The number of carbonyl (C=O) groups is 1. The summed E-state index contributed by atoms with van der Waals surface area (Å²) < 4.78 is 28.9. The molecule has 160 valence electrons. The highest BCUT2D eigenvalue weighted by atomic mass is 32.2. The van der Waals surface area contributed by atoms with Crippen molar-refractivity contribution < 1.29 is 17.9 Å². The van der Waals surface area contributed by atoms with E-state index in [0.29, 0.717) is 11.6 Å². The van der Waals surface area contributed by atoms with Gasteiger partial charge in [-0.1, -0.05) is 45.0 Å². The Morgan fingerprint density at radius 3 is 2.47 bits per heavy atom. The molecule has 1 amide bonds. The summed E-state index contributed by atoms with van der Waals surface area (Å²) in [5, 5.41) is 4.04. The van der Waals surface area contributed by atoms with Crippen LogP contribution in [0.5, 0.6) is 11.6 Å². The summed E-state index contributed by atoms with van der Waals surface area (Å²) >= 11 is 0. The number of nitrogens with one attached hydrogen (secondary N) is 1. The Morgan fingerprint density at radius 2 is 1.90 bits per heavy atom. The quantitative estimate of drug-likeness (QED) is 0.722. The molecule has 1 aromatic heterocycles. The first kappa shape index (κ1) is 22.0. The highest BCUT2D eigenvalue weighted by Crippen LogP contribution is 2.34. The van der Waals surface area contributed by atoms with Crippen LogP contribution in [0.4, 0.5) is 0 Å². The molecule has 0 unspecified atom stereocenters. The molecule has 0 spiro atoms. The molecule has 3 rings (SSSR count). The van der Waals surface area contributed by atoms with Gasteiger partial charge in [-0.15, -0.1) is 0 Å². The molecule has 8 heteroatoms. The van der Waals surface area contributed by atoms with Gasteiger partial charge in [0.05, 0.1) is 6.04 Å². The highest BCUT2D eigenvalue weighted by molar-refractivity contribution is 7.93. The maximum atomic E-state index is 13.0. The lowest BCUT2D eigenvalue weighted by molar-refractivity contribution is 0.0937. The van der Waals surface area contributed by atoms with E-state index in [4.69, 9.17) is 4.74 Å². The van der Waals surface area contributed by atoms with Crippen LogP contribution in [0, 0.1) is 5.92 Å². The Kier molecular flexibility index (Phi) is 6.26. The average Bonchev–Trinajstić information content (AvgIpc) is 3.49. The van der Waals surface area contributed by atoms with Crippen LogP contribution in [-0.2, 0) is 15.3 Å². The van der Waals surface area contributed by atoms with Crippen molar-refractivity contribution in [3.05, 3.63) is 59.4 Å². The monoisotopic (exact) mass is 429 g/mol. The van der Waals surface area contributed by atoms with Crippen molar-refractivity contribution in [2.45, 2.75) is 45.1 Å². The van der Waals surface area contributed by atoms with Gasteiger partial charge in [-0.25, -0.2) is 13.4 Å². The predicted molar refractivity (Wildman–Crippen MR) is 115 cm³/mol. The third-order valence-corrected chi connectivity index (χ3v) is 5.24. The van der Waals surface area contributed by atoms with E-state index in [1.807, 2.05) is 39.0 Å². The maximum Gasteiger partial charge on any atom is 0.258 e. The van der Waals surface area contributed by atoms with Gasteiger partial charge in [0.2, 0.25) is 5.88 Å². The van der Waals surface area contributed by atoms with Gasteiger partial charge in [0.15, 0.2) is 9.84 Å². The van der Waals surface area contributed by atoms with Crippen molar-refractivity contribution in [2.75, 3.05) is 6.26 Å². The van der Waals surface area contributed by atoms with E-state index in [9.17, 15) is 13.2 Å². The zero-order valence-electron chi connectivity index (χ0n) is 17.6. The number of carbonyl (C=O) groups excluding carboxylic acids is 1. The van der Waals surface area contributed by atoms with Crippen LogP contribution in [0.25, 0.3) is 0 Å². The summed E-state index contributed by atoms with van der Waals surface area (Å²) in [5.74, 6) is 1.10. The van der Waals surface area contributed by atoms with Crippen LogP contribution in [0.2, 0.25) is 0 Å². The Bertz CT molecular complexity index is 1040. The first-order valence-corrected chi connectivity index (χ1v) is 11.8. The molecule has 0 aliphatic heterocycles. The molecule has 0 radical (unpaired) electrons. The molecule has 1 aliphatic carbocycles. The first-order valence-electron chi connectivity index (χ1n) is 9.82.